The summed E-state index contributed by atoms with van der Waals surface area (Å²) in [5.74, 6) is 3.53. The molecule has 1 saturated heterocycles. The summed E-state index contributed by atoms with van der Waals surface area (Å²) in [6, 6.07) is 0. The van der Waals surface area contributed by atoms with Crippen molar-refractivity contribution in [3.63, 3.8) is 0 Å². The predicted molar refractivity (Wildman–Crippen MR) is 56.9 cm³/mol. The topological polar surface area (TPSA) is 15.3 Å². The van der Waals surface area contributed by atoms with Gasteiger partial charge in [0.25, 0.3) is 0 Å². The van der Waals surface area contributed by atoms with E-state index in [0.29, 0.717) is 0 Å². The molecular weight excluding hydrogens is 168 g/mol. The van der Waals surface area contributed by atoms with E-state index in [1.165, 1.54) is 31.1 Å². The van der Waals surface area contributed by atoms with Gasteiger partial charge >= 0.3 is 0 Å². The molecule has 1 N–H and O–H groups in total. The molecule has 72 valence electrons. The van der Waals surface area contributed by atoms with Gasteiger partial charge in [-0.2, -0.15) is 11.8 Å². The van der Waals surface area contributed by atoms with Crippen LogP contribution in [0.3, 0.4) is 0 Å². The lowest BCUT2D eigenvalue weighted by Gasteiger charge is -2.21. The Labute approximate surface area is 80.1 Å². The molecule has 1 unspecified atom stereocenters. The lowest BCUT2D eigenvalue weighted by molar-refractivity contribution is 0.267. The fourth-order valence-electron chi connectivity index (χ4n) is 1.54. The Hall–Kier alpha value is 0.270. The van der Waals surface area contributed by atoms with Gasteiger partial charge in [-0.3, -0.25) is 0 Å². The highest BCUT2D eigenvalue weighted by atomic mass is 32.2. The molecular formula is C9H20N2S. The maximum absolute atomic E-state index is 3.20. The van der Waals surface area contributed by atoms with E-state index in [0.717, 1.165) is 12.5 Å². The zero-order valence-electron chi connectivity index (χ0n) is 8.18. The van der Waals surface area contributed by atoms with Crippen molar-refractivity contribution < 1.29 is 0 Å². The summed E-state index contributed by atoms with van der Waals surface area (Å²) >= 11 is 2.10. The van der Waals surface area contributed by atoms with Crippen LogP contribution in [0.15, 0.2) is 0 Å². The van der Waals surface area contributed by atoms with E-state index in [9.17, 15) is 0 Å². The third kappa shape index (κ3) is 3.78. The van der Waals surface area contributed by atoms with E-state index >= 15 is 0 Å². The van der Waals surface area contributed by atoms with Crippen LogP contribution in [0.2, 0.25) is 0 Å². The second-order valence-corrected chi connectivity index (χ2v) is 4.73. The number of nitrogens with zero attached hydrogens (tertiary/aromatic N) is 1. The van der Waals surface area contributed by atoms with Gasteiger partial charge in [0.2, 0.25) is 0 Å². The normalized spacial score (nSPS) is 27.0. The first kappa shape index (κ1) is 10.4. The van der Waals surface area contributed by atoms with Crippen molar-refractivity contribution in [3.05, 3.63) is 0 Å². The van der Waals surface area contributed by atoms with E-state index in [1.54, 1.807) is 0 Å². The largest absolute Gasteiger partial charge is 0.318 e. The average molecular weight is 188 g/mol. The second kappa shape index (κ2) is 5.84. The van der Waals surface area contributed by atoms with Gasteiger partial charge in [0.1, 0.15) is 0 Å². The molecule has 0 spiro atoms. The summed E-state index contributed by atoms with van der Waals surface area (Å²) in [6.07, 6.45) is 0. The number of rotatable bonds is 3. The minimum absolute atomic E-state index is 0.870. The molecule has 1 heterocycles. The fourth-order valence-corrected chi connectivity index (χ4v) is 2.60. The predicted octanol–water partition coefficient (Wildman–Crippen LogP) is 0.891. The third-order valence-electron chi connectivity index (χ3n) is 2.20. The fraction of sp³-hybridized carbons (Fsp3) is 1.00. The lowest BCUT2D eigenvalue weighted by atomic mass is 10.2. The number of likely N-dealkylation sites (N-methyl/N-ethyl adjacent to an activating group) is 1. The van der Waals surface area contributed by atoms with E-state index < -0.39 is 0 Å². The van der Waals surface area contributed by atoms with Crippen LogP contribution in [0, 0.1) is 5.92 Å². The van der Waals surface area contributed by atoms with Crippen molar-refractivity contribution in [3.8, 4) is 0 Å². The molecule has 0 aromatic heterocycles. The first-order chi connectivity index (χ1) is 5.83. The molecule has 0 aromatic carbocycles. The zero-order valence-corrected chi connectivity index (χ0v) is 8.99. The van der Waals surface area contributed by atoms with Crippen LogP contribution in [0.5, 0.6) is 0 Å². The van der Waals surface area contributed by atoms with Gasteiger partial charge in [-0.25, -0.2) is 0 Å². The van der Waals surface area contributed by atoms with Crippen molar-refractivity contribution in [2.24, 2.45) is 5.92 Å². The van der Waals surface area contributed by atoms with E-state index in [4.69, 9.17) is 0 Å². The van der Waals surface area contributed by atoms with Gasteiger partial charge < -0.3 is 10.2 Å². The molecule has 1 fully saturated rings. The standard InChI is InChI=1S/C9H20N2S/c1-9-7-11(4-3-10-2)5-6-12-8-9/h9-10H,3-8H2,1-2H3. The smallest absolute Gasteiger partial charge is 0.0107 e. The number of nitrogens with one attached hydrogen (secondary N) is 1. The van der Waals surface area contributed by atoms with Crippen LogP contribution in [-0.2, 0) is 0 Å². The molecule has 1 rings (SSSR count). The molecule has 0 aromatic rings. The Morgan fingerprint density at radius 1 is 1.58 bits per heavy atom. The van der Waals surface area contributed by atoms with Crippen LogP contribution in [-0.4, -0.2) is 49.6 Å². The van der Waals surface area contributed by atoms with Crippen LogP contribution >= 0.6 is 11.8 Å². The van der Waals surface area contributed by atoms with Crippen molar-refractivity contribution in [2.45, 2.75) is 6.92 Å². The molecule has 0 amide bonds. The SMILES string of the molecule is CNCCN1CCSCC(C)C1. The third-order valence-corrected chi connectivity index (χ3v) is 3.48. The van der Waals surface area contributed by atoms with Gasteiger partial charge in [-0.1, -0.05) is 6.92 Å². The average Bonchev–Trinajstić information content (AvgIpc) is 2.26. The molecule has 0 aliphatic carbocycles. The molecule has 0 radical (unpaired) electrons. The Morgan fingerprint density at radius 2 is 2.42 bits per heavy atom. The molecule has 1 atom stereocenters. The minimum Gasteiger partial charge on any atom is -0.318 e. The van der Waals surface area contributed by atoms with Gasteiger partial charge in [0.15, 0.2) is 0 Å². The lowest BCUT2D eigenvalue weighted by Crippen LogP contribution is -2.34. The first-order valence-corrected chi connectivity index (χ1v) is 5.93. The summed E-state index contributed by atoms with van der Waals surface area (Å²) in [5.41, 5.74) is 0. The molecule has 12 heavy (non-hydrogen) atoms. The summed E-state index contributed by atoms with van der Waals surface area (Å²) in [5, 5.41) is 3.20. The number of hydrogen-bond acceptors (Lipinski definition) is 3. The maximum Gasteiger partial charge on any atom is 0.0107 e. The summed E-state index contributed by atoms with van der Waals surface area (Å²) in [6.45, 7) is 7.24. The van der Waals surface area contributed by atoms with Crippen LogP contribution < -0.4 is 5.32 Å². The summed E-state index contributed by atoms with van der Waals surface area (Å²) in [4.78, 5) is 2.57. The van der Waals surface area contributed by atoms with Crippen molar-refractivity contribution in [1.29, 1.82) is 0 Å². The number of thioether (sulfide) groups is 1. The Kier molecular flexibility index (Phi) is 5.04. The zero-order chi connectivity index (χ0) is 8.81. The van der Waals surface area contributed by atoms with Gasteiger partial charge in [-0.15, -0.1) is 0 Å². The molecule has 2 nitrogen and oxygen atoms in total. The Morgan fingerprint density at radius 3 is 3.17 bits per heavy atom. The minimum atomic E-state index is 0.870. The van der Waals surface area contributed by atoms with E-state index in [-0.39, 0.29) is 0 Å². The Bertz CT molecular complexity index is 119. The quantitative estimate of drug-likeness (QED) is 0.708. The molecule has 0 bridgehead atoms. The first-order valence-electron chi connectivity index (χ1n) is 4.77. The second-order valence-electron chi connectivity index (χ2n) is 3.58. The summed E-state index contributed by atoms with van der Waals surface area (Å²) < 4.78 is 0. The highest BCUT2D eigenvalue weighted by Crippen LogP contribution is 2.14. The van der Waals surface area contributed by atoms with Crippen LogP contribution in [0.25, 0.3) is 0 Å². The van der Waals surface area contributed by atoms with E-state index in [2.05, 4.69) is 28.9 Å². The van der Waals surface area contributed by atoms with E-state index in [1.807, 2.05) is 7.05 Å². The van der Waals surface area contributed by atoms with Gasteiger partial charge in [0, 0.05) is 31.9 Å². The molecule has 1 aliphatic heterocycles. The van der Waals surface area contributed by atoms with Crippen LogP contribution in [0.1, 0.15) is 6.92 Å². The molecule has 1 aliphatic rings. The summed E-state index contributed by atoms with van der Waals surface area (Å²) in [7, 11) is 2.02. The van der Waals surface area contributed by atoms with Crippen molar-refractivity contribution in [2.75, 3.05) is 44.7 Å². The highest BCUT2D eigenvalue weighted by molar-refractivity contribution is 7.99. The van der Waals surface area contributed by atoms with Crippen molar-refractivity contribution >= 4 is 11.8 Å². The van der Waals surface area contributed by atoms with Gasteiger partial charge in [0.05, 0.1) is 0 Å². The molecule has 3 heteroatoms. The monoisotopic (exact) mass is 188 g/mol. The van der Waals surface area contributed by atoms with Crippen molar-refractivity contribution in [1.82, 2.24) is 10.2 Å². The molecule has 0 saturated carbocycles. The van der Waals surface area contributed by atoms with Crippen LogP contribution in [0.4, 0.5) is 0 Å². The number of hydrogen-bond donors (Lipinski definition) is 1. The van der Waals surface area contributed by atoms with Gasteiger partial charge in [-0.05, 0) is 18.7 Å². The Balaban J connectivity index is 2.21. The maximum atomic E-state index is 3.20. The highest BCUT2D eigenvalue weighted by Gasteiger charge is 2.13.